The third-order valence-corrected chi connectivity index (χ3v) is 4.20. The Morgan fingerprint density at radius 2 is 1.59 bits per heavy atom. The summed E-state index contributed by atoms with van der Waals surface area (Å²) in [7, 11) is 1.36. The minimum absolute atomic E-state index is 0.000694. The van der Waals surface area contributed by atoms with Gasteiger partial charge in [0.05, 0.1) is 7.11 Å². The van der Waals surface area contributed by atoms with Gasteiger partial charge in [-0.3, -0.25) is 14.6 Å². The molecule has 6 nitrogen and oxygen atoms in total. The van der Waals surface area contributed by atoms with Crippen LogP contribution in [0.5, 0.6) is 0 Å². The molecule has 1 aliphatic rings. The number of piperazine rings is 1. The summed E-state index contributed by atoms with van der Waals surface area (Å²) >= 11 is 0. The number of hydrogen-bond acceptors (Lipinski definition) is 4. The molecular weight excluding hydrogens is 282 g/mol. The molecule has 0 bridgehead atoms. The highest BCUT2D eigenvalue weighted by Gasteiger charge is 2.39. The van der Waals surface area contributed by atoms with Crippen LogP contribution in [0, 0.1) is 0 Å². The largest absolute Gasteiger partial charge is 0.453 e. The van der Waals surface area contributed by atoms with Crippen LogP contribution < -0.4 is 0 Å². The molecule has 1 heterocycles. The van der Waals surface area contributed by atoms with Gasteiger partial charge in [0.2, 0.25) is 5.91 Å². The number of hydrogen-bond donors (Lipinski definition) is 0. The first-order valence-corrected chi connectivity index (χ1v) is 8.11. The van der Waals surface area contributed by atoms with Crippen molar-refractivity contribution in [3.8, 4) is 0 Å². The van der Waals surface area contributed by atoms with Crippen LogP contribution in [0.4, 0.5) is 4.79 Å². The van der Waals surface area contributed by atoms with Gasteiger partial charge in [-0.05, 0) is 41.5 Å². The van der Waals surface area contributed by atoms with Crippen molar-refractivity contribution < 1.29 is 14.3 Å². The van der Waals surface area contributed by atoms with Crippen LogP contribution in [0.1, 0.15) is 41.5 Å². The van der Waals surface area contributed by atoms with E-state index >= 15 is 0 Å². The van der Waals surface area contributed by atoms with E-state index < -0.39 is 12.1 Å². The summed E-state index contributed by atoms with van der Waals surface area (Å²) < 4.78 is 4.86. The quantitative estimate of drug-likeness (QED) is 0.794. The molecule has 0 unspecified atom stereocenters. The highest BCUT2D eigenvalue weighted by atomic mass is 16.5. The molecule has 0 spiro atoms. The molecule has 0 saturated carbocycles. The minimum Gasteiger partial charge on any atom is -0.453 e. The lowest BCUT2D eigenvalue weighted by atomic mass is 10.1. The number of carbonyl (C=O) groups is 2. The lowest BCUT2D eigenvalue weighted by molar-refractivity contribution is -0.142. The van der Waals surface area contributed by atoms with Crippen molar-refractivity contribution in [3.63, 3.8) is 0 Å². The summed E-state index contributed by atoms with van der Waals surface area (Å²) in [5.74, 6) is 0.000694. The van der Waals surface area contributed by atoms with E-state index in [0.717, 1.165) is 6.54 Å². The molecule has 1 saturated heterocycles. The summed E-state index contributed by atoms with van der Waals surface area (Å²) in [5.41, 5.74) is 0. The fraction of sp³-hybridized carbons (Fsp3) is 0.875. The van der Waals surface area contributed by atoms with E-state index in [0.29, 0.717) is 19.1 Å². The third kappa shape index (κ3) is 4.12. The zero-order chi connectivity index (χ0) is 17.0. The van der Waals surface area contributed by atoms with Gasteiger partial charge in [-0.15, -0.1) is 0 Å². The predicted molar refractivity (Wildman–Crippen MR) is 86.7 cm³/mol. The maximum Gasteiger partial charge on any atom is 0.410 e. The van der Waals surface area contributed by atoms with Crippen molar-refractivity contribution in [1.29, 1.82) is 0 Å². The number of amides is 2. The zero-order valence-electron chi connectivity index (χ0n) is 15.0. The van der Waals surface area contributed by atoms with Gasteiger partial charge in [0.1, 0.15) is 6.04 Å². The number of rotatable bonds is 4. The average molecular weight is 313 g/mol. The minimum atomic E-state index is -0.478. The molecule has 0 aliphatic carbocycles. The standard InChI is InChI=1S/C16H31N3O3/c1-11(2)17-8-9-18(16(21)22-7)14(10-17)15(20)19(12(3)4)13(5)6/h11-14H,8-10H2,1-7H3/t14-/m1/s1. The first-order chi connectivity index (χ1) is 10.2. The SMILES string of the molecule is COC(=O)N1CCN(C(C)C)C[C@@H]1C(=O)N(C(C)C)C(C)C. The van der Waals surface area contributed by atoms with Gasteiger partial charge >= 0.3 is 6.09 Å². The fourth-order valence-corrected chi connectivity index (χ4v) is 3.10. The number of methoxy groups -OCH3 is 1. The van der Waals surface area contributed by atoms with Gasteiger partial charge in [-0.1, -0.05) is 0 Å². The van der Waals surface area contributed by atoms with Crippen molar-refractivity contribution in [2.45, 2.75) is 65.7 Å². The smallest absolute Gasteiger partial charge is 0.410 e. The zero-order valence-corrected chi connectivity index (χ0v) is 15.0. The van der Waals surface area contributed by atoms with Gasteiger partial charge in [-0.2, -0.15) is 0 Å². The number of ether oxygens (including phenoxy) is 1. The van der Waals surface area contributed by atoms with Crippen LogP contribution in [0.3, 0.4) is 0 Å². The van der Waals surface area contributed by atoms with Crippen LogP contribution in [0.15, 0.2) is 0 Å². The topological polar surface area (TPSA) is 53.1 Å². The van der Waals surface area contributed by atoms with Crippen molar-refractivity contribution >= 4 is 12.0 Å². The van der Waals surface area contributed by atoms with E-state index in [4.69, 9.17) is 4.74 Å². The summed E-state index contributed by atoms with van der Waals surface area (Å²) in [6.07, 6.45) is -0.422. The molecule has 1 aliphatic heterocycles. The molecule has 0 aromatic heterocycles. The second kappa shape index (κ2) is 7.81. The van der Waals surface area contributed by atoms with E-state index in [1.807, 2.05) is 32.6 Å². The van der Waals surface area contributed by atoms with Crippen molar-refractivity contribution in [2.75, 3.05) is 26.7 Å². The van der Waals surface area contributed by atoms with Gasteiger partial charge in [0.15, 0.2) is 0 Å². The maximum atomic E-state index is 13.0. The van der Waals surface area contributed by atoms with E-state index in [1.165, 1.54) is 7.11 Å². The Morgan fingerprint density at radius 3 is 2.00 bits per heavy atom. The molecule has 0 N–H and O–H groups in total. The molecule has 0 aromatic carbocycles. The van der Waals surface area contributed by atoms with E-state index in [9.17, 15) is 9.59 Å². The molecular formula is C16H31N3O3. The summed E-state index contributed by atoms with van der Waals surface area (Å²) in [6, 6.07) is 0.0675. The highest BCUT2D eigenvalue weighted by molar-refractivity contribution is 5.86. The summed E-state index contributed by atoms with van der Waals surface area (Å²) in [6.45, 7) is 14.1. The Hall–Kier alpha value is -1.30. The van der Waals surface area contributed by atoms with Crippen molar-refractivity contribution in [3.05, 3.63) is 0 Å². The molecule has 0 aromatic rings. The first kappa shape index (κ1) is 18.7. The van der Waals surface area contributed by atoms with Crippen LogP contribution in [-0.4, -0.2) is 77.6 Å². The Bertz CT molecular complexity index is 388. The van der Waals surface area contributed by atoms with Crippen molar-refractivity contribution in [1.82, 2.24) is 14.7 Å². The van der Waals surface area contributed by atoms with Gasteiger partial charge < -0.3 is 9.64 Å². The third-order valence-electron chi connectivity index (χ3n) is 4.20. The number of carbonyl (C=O) groups excluding carboxylic acids is 2. The molecule has 22 heavy (non-hydrogen) atoms. The fourth-order valence-electron chi connectivity index (χ4n) is 3.10. The Kier molecular flexibility index (Phi) is 6.66. The van der Waals surface area contributed by atoms with E-state index in [-0.39, 0.29) is 18.0 Å². The normalized spacial score (nSPS) is 19.9. The maximum absolute atomic E-state index is 13.0. The second-order valence-corrected chi connectivity index (χ2v) is 6.70. The van der Waals surface area contributed by atoms with E-state index in [1.54, 1.807) is 4.90 Å². The first-order valence-electron chi connectivity index (χ1n) is 8.11. The Morgan fingerprint density at radius 1 is 1.05 bits per heavy atom. The van der Waals surface area contributed by atoms with Crippen LogP contribution in [0.2, 0.25) is 0 Å². The lowest BCUT2D eigenvalue weighted by Gasteiger charge is -2.44. The predicted octanol–water partition coefficient (Wildman–Crippen LogP) is 1.79. The molecule has 1 atom stereocenters. The van der Waals surface area contributed by atoms with Gasteiger partial charge in [0, 0.05) is 37.8 Å². The highest BCUT2D eigenvalue weighted by Crippen LogP contribution is 2.18. The lowest BCUT2D eigenvalue weighted by Crippen LogP contribution is -2.63. The van der Waals surface area contributed by atoms with Crippen LogP contribution in [0.25, 0.3) is 0 Å². The van der Waals surface area contributed by atoms with Crippen molar-refractivity contribution in [2.24, 2.45) is 0 Å². The molecule has 0 radical (unpaired) electrons. The molecule has 1 fully saturated rings. The van der Waals surface area contributed by atoms with Crippen LogP contribution >= 0.6 is 0 Å². The number of nitrogens with zero attached hydrogens (tertiary/aromatic N) is 3. The monoisotopic (exact) mass is 313 g/mol. The summed E-state index contributed by atoms with van der Waals surface area (Å²) in [4.78, 5) is 30.7. The molecule has 1 rings (SSSR count). The van der Waals surface area contributed by atoms with E-state index in [2.05, 4.69) is 18.7 Å². The van der Waals surface area contributed by atoms with Crippen LogP contribution in [-0.2, 0) is 9.53 Å². The molecule has 2 amide bonds. The Labute approximate surface area is 134 Å². The van der Waals surface area contributed by atoms with Gasteiger partial charge in [0.25, 0.3) is 0 Å². The summed E-state index contributed by atoms with van der Waals surface area (Å²) in [5, 5.41) is 0. The molecule has 6 heteroatoms. The van der Waals surface area contributed by atoms with Gasteiger partial charge in [-0.25, -0.2) is 4.79 Å². The second-order valence-electron chi connectivity index (χ2n) is 6.70. The average Bonchev–Trinajstić information content (AvgIpc) is 2.44. The Balaban J connectivity index is 3.04. The molecule has 128 valence electrons.